The van der Waals surface area contributed by atoms with Gasteiger partial charge in [0.15, 0.2) is 0 Å². The summed E-state index contributed by atoms with van der Waals surface area (Å²) in [4.78, 5) is 39.7. The van der Waals surface area contributed by atoms with Gasteiger partial charge in [-0.05, 0) is 72.2 Å². The predicted molar refractivity (Wildman–Crippen MR) is 185 cm³/mol. The minimum atomic E-state index is -0.403. The number of nitrogens with two attached hydrogens (primary N) is 2. The maximum atomic E-state index is 13.4. The molecule has 4 atom stereocenters. The summed E-state index contributed by atoms with van der Waals surface area (Å²) < 4.78 is 10.4. The van der Waals surface area contributed by atoms with Gasteiger partial charge >= 0.3 is 0 Å². The summed E-state index contributed by atoms with van der Waals surface area (Å²) in [7, 11) is 0. The molecule has 0 radical (unpaired) electrons. The topological polar surface area (TPSA) is 188 Å². The lowest BCUT2D eigenvalue weighted by atomic mass is 9.88. The molecule has 0 fully saturated rings. The molecule has 0 spiro atoms. The van der Waals surface area contributed by atoms with E-state index in [2.05, 4.69) is 64.8 Å². The van der Waals surface area contributed by atoms with Gasteiger partial charge in [-0.3, -0.25) is 4.79 Å². The van der Waals surface area contributed by atoms with Crippen LogP contribution in [0.4, 0.5) is 23.3 Å². The van der Waals surface area contributed by atoms with Crippen LogP contribution in [0.2, 0.25) is 0 Å². The number of anilines is 4. The molecule has 0 aliphatic carbocycles. The van der Waals surface area contributed by atoms with E-state index >= 15 is 0 Å². The molecule has 6 rings (SSSR count). The molecule has 0 saturated carbocycles. The molecule has 4 aromatic rings. The number of carbonyl (C=O) groups excluding carboxylic acids is 1. The molecule has 2 aromatic heterocycles. The number of ether oxygens (including phenoxy) is 2. The standard InChI is InChI=1S/C35H40N10O3/c1-21(25-15-38-34(39-16-25)44-27-9-3-23(4-10-27)7-13-29-19-47-32(36)42-29)31(46)22(2)26-17-40-35(41-18-26)45-28-11-5-24(6-12-28)8-14-30-20-48-33(37)43-30/h3-6,9-12,15-18,21-22,29-30H,7-8,13-14,19-20H2,1-2H3,(H2,36,42)(H2,37,43)(H,38,39,44)(H,40,41,45)/t21?,22?,29-,30-/m0/s1. The molecule has 13 heteroatoms. The molecule has 0 saturated heterocycles. The highest BCUT2D eigenvalue weighted by molar-refractivity contribution is 5.91. The molecular weight excluding hydrogens is 608 g/mol. The van der Waals surface area contributed by atoms with Crippen LogP contribution in [-0.4, -0.2) is 63.1 Å². The quantitative estimate of drug-likeness (QED) is 0.150. The van der Waals surface area contributed by atoms with Gasteiger partial charge in [0.25, 0.3) is 12.0 Å². The third-order valence-electron chi connectivity index (χ3n) is 8.62. The number of hydrogen-bond donors (Lipinski definition) is 4. The predicted octanol–water partition coefficient (Wildman–Crippen LogP) is 4.52. The van der Waals surface area contributed by atoms with Gasteiger partial charge in [-0.1, -0.05) is 38.1 Å². The monoisotopic (exact) mass is 648 g/mol. The number of rotatable bonds is 14. The van der Waals surface area contributed by atoms with E-state index in [1.807, 2.05) is 38.1 Å². The summed E-state index contributed by atoms with van der Waals surface area (Å²) in [5, 5.41) is 6.44. The number of carbonyl (C=O) groups is 1. The summed E-state index contributed by atoms with van der Waals surface area (Å²) in [5.41, 5.74) is 16.8. The smallest absolute Gasteiger partial charge is 0.282 e. The van der Waals surface area contributed by atoms with Crippen molar-refractivity contribution in [3.63, 3.8) is 0 Å². The number of Topliss-reactive ketones (excluding diaryl/α,β-unsaturated/α-hetero) is 1. The van der Waals surface area contributed by atoms with Crippen molar-refractivity contribution in [2.75, 3.05) is 23.8 Å². The van der Waals surface area contributed by atoms with Crippen LogP contribution in [0.5, 0.6) is 0 Å². The fourth-order valence-corrected chi connectivity index (χ4v) is 5.56. The van der Waals surface area contributed by atoms with Crippen LogP contribution in [0.3, 0.4) is 0 Å². The second-order valence-corrected chi connectivity index (χ2v) is 12.1. The van der Waals surface area contributed by atoms with Crippen molar-refractivity contribution in [3.8, 4) is 0 Å². The van der Waals surface area contributed by atoms with Crippen LogP contribution < -0.4 is 22.1 Å². The van der Waals surface area contributed by atoms with E-state index in [0.717, 1.165) is 48.2 Å². The molecule has 2 aromatic carbocycles. The lowest BCUT2D eigenvalue weighted by Gasteiger charge is -2.17. The van der Waals surface area contributed by atoms with E-state index in [9.17, 15) is 4.79 Å². The number of ketones is 1. The second-order valence-electron chi connectivity index (χ2n) is 12.1. The van der Waals surface area contributed by atoms with Crippen LogP contribution >= 0.6 is 0 Å². The molecule has 6 N–H and O–H groups in total. The number of aryl methyl sites for hydroxylation is 2. The second kappa shape index (κ2) is 14.9. The van der Waals surface area contributed by atoms with E-state index in [1.54, 1.807) is 24.8 Å². The average Bonchev–Trinajstić information content (AvgIpc) is 3.74. The Morgan fingerprint density at radius 1 is 0.688 bits per heavy atom. The molecule has 2 unspecified atom stereocenters. The molecule has 13 nitrogen and oxygen atoms in total. The first-order chi connectivity index (χ1) is 23.3. The van der Waals surface area contributed by atoms with Crippen molar-refractivity contribution >= 4 is 41.1 Å². The first-order valence-electron chi connectivity index (χ1n) is 16.1. The minimum Gasteiger partial charge on any atom is -0.463 e. The summed E-state index contributed by atoms with van der Waals surface area (Å²) in [6.45, 7) is 4.82. The van der Waals surface area contributed by atoms with E-state index in [0.29, 0.717) is 25.1 Å². The van der Waals surface area contributed by atoms with E-state index in [1.165, 1.54) is 11.1 Å². The van der Waals surface area contributed by atoms with E-state index in [-0.39, 0.29) is 29.9 Å². The molecule has 48 heavy (non-hydrogen) atoms. The zero-order chi connectivity index (χ0) is 33.5. The van der Waals surface area contributed by atoms with Crippen molar-refractivity contribution < 1.29 is 14.3 Å². The third-order valence-corrected chi connectivity index (χ3v) is 8.62. The van der Waals surface area contributed by atoms with Crippen molar-refractivity contribution in [3.05, 3.63) is 95.6 Å². The fraction of sp³-hybridized carbons (Fsp3) is 0.343. The summed E-state index contributed by atoms with van der Waals surface area (Å²) >= 11 is 0. The number of nitrogens with one attached hydrogen (secondary N) is 2. The lowest BCUT2D eigenvalue weighted by molar-refractivity contribution is -0.121. The van der Waals surface area contributed by atoms with Gasteiger partial charge in [-0.2, -0.15) is 0 Å². The summed E-state index contributed by atoms with van der Waals surface area (Å²) in [5.74, 6) is 0.139. The van der Waals surface area contributed by atoms with Gasteiger partial charge in [0.1, 0.15) is 19.0 Å². The molecule has 2 aliphatic rings. The maximum Gasteiger partial charge on any atom is 0.282 e. The number of nitrogens with zero attached hydrogens (tertiary/aromatic N) is 6. The number of amidine groups is 2. The van der Waals surface area contributed by atoms with Crippen LogP contribution in [0.25, 0.3) is 0 Å². The Balaban J connectivity index is 0.968. The minimum absolute atomic E-state index is 0.0323. The number of benzene rings is 2. The number of aliphatic imine (C=N–C) groups is 2. The Morgan fingerprint density at radius 2 is 1.06 bits per heavy atom. The van der Waals surface area contributed by atoms with Gasteiger partial charge in [0.2, 0.25) is 11.9 Å². The zero-order valence-electron chi connectivity index (χ0n) is 27.0. The van der Waals surface area contributed by atoms with Gasteiger partial charge < -0.3 is 31.6 Å². The Morgan fingerprint density at radius 3 is 1.40 bits per heavy atom. The summed E-state index contributed by atoms with van der Waals surface area (Å²) in [6, 6.07) is 17.0. The largest absolute Gasteiger partial charge is 0.463 e. The van der Waals surface area contributed by atoms with Crippen LogP contribution in [0, 0.1) is 0 Å². The molecule has 0 amide bonds. The highest BCUT2D eigenvalue weighted by atomic mass is 16.5. The van der Waals surface area contributed by atoms with Gasteiger partial charge in [0.05, 0.1) is 12.1 Å². The van der Waals surface area contributed by atoms with Crippen molar-refractivity contribution in [1.29, 1.82) is 0 Å². The Labute approximate surface area is 279 Å². The highest BCUT2D eigenvalue weighted by Crippen LogP contribution is 2.26. The third kappa shape index (κ3) is 8.41. The van der Waals surface area contributed by atoms with Crippen molar-refractivity contribution in [1.82, 2.24) is 19.9 Å². The van der Waals surface area contributed by atoms with Crippen LogP contribution in [0.1, 0.15) is 60.8 Å². The van der Waals surface area contributed by atoms with Gasteiger partial charge in [-0.15, -0.1) is 0 Å². The molecular formula is C35H40N10O3. The Bertz CT molecular complexity index is 1610. The number of hydrogen-bond acceptors (Lipinski definition) is 13. The van der Waals surface area contributed by atoms with Crippen molar-refractivity contribution in [2.24, 2.45) is 21.5 Å². The fourth-order valence-electron chi connectivity index (χ4n) is 5.56. The van der Waals surface area contributed by atoms with Crippen molar-refractivity contribution in [2.45, 2.75) is 63.5 Å². The van der Waals surface area contributed by atoms with Gasteiger partial charge in [-0.25, -0.2) is 29.9 Å². The zero-order valence-corrected chi connectivity index (χ0v) is 27.0. The lowest BCUT2D eigenvalue weighted by Crippen LogP contribution is -2.17. The Kier molecular flexibility index (Phi) is 10.0. The first-order valence-corrected chi connectivity index (χ1v) is 16.1. The average molecular weight is 649 g/mol. The number of aromatic nitrogens is 4. The maximum absolute atomic E-state index is 13.4. The Hall–Kier alpha value is -5.59. The first kappa shape index (κ1) is 32.4. The normalized spacial score (nSPS) is 18.2. The molecule has 248 valence electrons. The van der Waals surface area contributed by atoms with E-state index in [4.69, 9.17) is 20.9 Å². The highest BCUT2D eigenvalue weighted by Gasteiger charge is 2.24. The van der Waals surface area contributed by atoms with Gasteiger partial charge in [0, 0.05) is 48.0 Å². The summed E-state index contributed by atoms with van der Waals surface area (Å²) in [6.07, 6.45) is 10.3. The van der Waals surface area contributed by atoms with E-state index < -0.39 is 11.8 Å². The molecule has 0 bridgehead atoms. The molecule has 2 aliphatic heterocycles. The van der Waals surface area contributed by atoms with Crippen LogP contribution in [0.15, 0.2) is 83.3 Å². The van der Waals surface area contributed by atoms with Crippen LogP contribution in [-0.2, 0) is 27.1 Å². The molecule has 4 heterocycles. The SMILES string of the molecule is CC(C(=O)C(C)c1cnc(Nc2ccc(CC[C@H]3COC(N)=N3)cc2)nc1)c1cnc(Nc2ccc(CC[C@H]3COC(N)=N3)cc2)nc1.